The van der Waals surface area contributed by atoms with Crippen molar-refractivity contribution in [3.05, 3.63) is 58.9 Å². The number of hydrogen-bond acceptors (Lipinski definition) is 3. The molecule has 0 aliphatic carbocycles. The quantitative estimate of drug-likeness (QED) is 0.808. The molecule has 0 unspecified atom stereocenters. The average molecular weight is 302 g/mol. The summed E-state index contributed by atoms with van der Waals surface area (Å²) in [6.07, 6.45) is -2.20. The van der Waals surface area contributed by atoms with Gasteiger partial charge >= 0.3 is 6.36 Å². The van der Waals surface area contributed by atoms with Crippen molar-refractivity contribution in [1.82, 2.24) is 4.98 Å². The molecule has 0 spiro atoms. The Morgan fingerprint density at radius 3 is 2.60 bits per heavy atom. The summed E-state index contributed by atoms with van der Waals surface area (Å²) in [7, 11) is 0. The van der Waals surface area contributed by atoms with Gasteiger partial charge in [-0.15, -0.1) is 13.2 Å². The highest BCUT2D eigenvalue weighted by atomic mass is 35.5. The Morgan fingerprint density at radius 1 is 1.25 bits per heavy atom. The third-order valence-electron chi connectivity index (χ3n) is 2.34. The van der Waals surface area contributed by atoms with E-state index in [1.54, 1.807) is 0 Å². The zero-order valence-corrected chi connectivity index (χ0v) is 10.6. The van der Waals surface area contributed by atoms with Gasteiger partial charge in [0.15, 0.2) is 5.78 Å². The standard InChI is InChI=1S/C13H7ClF3NO2/c14-9-3-4-10(11(6-9)20-13(15,16)17)12(19)8-2-1-5-18-7-8/h1-7H. The molecule has 1 aromatic carbocycles. The molecular formula is C13H7ClF3NO2. The minimum Gasteiger partial charge on any atom is -0.405 e. The zero-order chi connectivity index (χ0) is 14.8. The number of ketones is 1. The van der Waals surface area contributed by atoms with Crippen molar-refractivity contribution in [2.75, 3.05) is 0 Å². The van der Waals surface area contributed by atoms with Crippen LogP contribution in [0.5, 0.6) is 5.75 Å². The largest absolute Gasteiger partial charge is 0.573 e. The fourth-order valence-corrected chi connectivity index (χ4v) is 1.71. The summed E-state index contributed by atoms with van der Waals surface area (Å²) < 4.78 is 40.8. The molecular weight excluding hydrogens is 295 g/mol. The lowest BCUT2D eigenvalue weighted by Crippen LogP contribution is -2.19. The highest BCUT2D eigenvalue weighted by Crippen LogP contribution is 2.30. The van der Waals surface area contributed by atoms with Gasteiger partial charge in [0, 0.05) is 23.0 Å². The number of pyridine rings is 1. The highest BCUT2D eigenvalue weighted by molar-refractivity contribution is 6.31. The van der Waals surface area contributed by atoms with Gasteiger partial charge in [0.1, 0.15) is 5.75 Å². The Bertz CT molecular complexity index is 629. The molecule has 2 rings (SSSR count). The number of hydrogen-bond donors (Lipinski definition) is 0. The van der Waals surface area contributed by atoms with Crippen LogP contribution in [0, 0.1) is 0 Å². The van der Waals surface area contributed by atoms with Crippen molar-refractivity contribution < 1.29 is 22.7 Å². The summed E-state index contributed by atoms with van der Waals surface area (Å²) >= 11 is 5.63. The van der Waals surface area contributed by atoms with E-state index in [1.807, 2.05) is 0 Å². The number of aromatic nitrogens is 1. The fourth-order valence-electron chi connectivity index (χ4n) is 1.55. The molecule has 0 aliphatic heterocycles. The molecule has 20 heavy (non-hydrogen) atoms. The number of nitrogens with zero attached hydrogens (tertiary/aromatic N) is 1. The van der Waals surface area contributed by atoms with Gasteiger partial charge in [-0.2, -0.15) is 0 Å². The first-order valence-corrected chi connectivity index (χ1v) is 5.74. The minimum atomic E-state index is -4.91. The lowest BCUT2D eigenvalue weighted by atomic mass is 10.0. The van der Waals surface area contributed by atoms with Crippen LogP contribution in [0.4, 0.5) is 13.2 Å². The maximum atomic E-state index is 12.3. The smallest absolute Gasteiger partial charge is 0.405 e. The number of rotatable bonds is 3. The van der Waals surface area contributed by atoms with Crippen molar-refractivity contribution in [2.45, 2.75) is 6.36 Å². The second kappa shape index (κ2) is 5.50. The Morgan fingerprint density at radius 2 is 2.00 bits per heavy atom. The van der Waals surface area contributed by atoms with E-state index in [1.165, 1.54) is 36.7 Å². The second-order valence-corrected chi connectivity index (χ2v) is 4.20. The molecule has 0 bridgehead atoms. The molecule has 2 aromatic rings. The van der Waals surface area contributed by atoms with Gasteiger partial charge < -0.3 is 4.74 Å². The second-order valence-electron chi connectivity index (χ2n) is 3.76. The number of alkyl halides is 3. The van der Waals surface area contributed by atoms with Crippen LogP contribution in [-0.2, 0) is 0 Å². The predicted molar refractivity (Wildman–Crippen MR) is 65.8 cm³/mol. The minimum absolute atomic E-state index is 0.0342. The van der Waals surface area contributed by atoms with Gasteiger partial charge in [0.05, 0.1) is 5.56 Å². The predicted octanol–water partition coefficient (Wildman–Crippen LogP) is 3.86. The molecule has 1 aromatic heterocycles. The normalized spacial score (nSPS) is 11.2. The van der Waals surface area contributed by atoms with Gasteiger partial charge in [0.25, 0.3) is 0 Å². The van der Waals surface area contributed by atoms with Gasteiger partial charge in [-0.3, -0.25) is 9.78 Å². The molecule has 0 fully saturated rings. The topological polar surface area (TPSA) is 39.2 Å². The van der Waals surface area contributed by atoms with E-state index in [9.17, 15) is 18.0 Å². The Balaban J connectivity index is 2.43. The van der Waals surface area contributed by atoms with E-state index in [4.69, 9.17) is 11.6 Å². The van der Waals surface area contributed by atoms with Crippen LogP contribution in [0.2, 0.25) is 5.02 Å². The first kappa shape index (κ1) is 14.3. The first-order valence-electron chi connectivity index (χ1n) is 5.37. The number of carbonyl (C=O) groups excluding carboxylic acids is 1. The number of halogens is 4. The maximum Gasteiger partial charge on any atom is 0.573 e. The molecule has 0 aliphatic rings. The van der Waals surface area contributed by atoms with Crippen molar-refractivity contribution in [2.24, 2.45) is 0 Å². The van der Waals surface area contributed by atoms with Crippen LogP contribution in [0.1, 0.15) is 15.9 Å². The van der Waals surface area contributed by atoms with Gasteiger partial charge in [-0.25, -0.2) is 0 Å². The summed E-state index contributed by atoms with van der Waals surface area (Å²) in [6.45, 7) is 0. The van der Waals surface area contributed by atoms with Crippen LogP contribution in [0.25, 0.3) is 0 Å². The molecule has 7 heteroatoms. The third-order valence-corrected chi connectivity index (χ3v) is 2.57. The molecule has 0 N–H and O–H groups in total. The van der Waals surface area contributed by atoms with E-state index in [0.717, 1.165) is 6.07 Å². The molecule has 104 valence electrons. The van der Waals surface area contributed by atoms with E-state index in [0.29, 0.717) is 0 Å². The lowest BCUT2D eigenvalue weighted by molar-refractivity contribution is -0.274. The SMILES string of the molecule is O=C(c1cccnc1)c1ccc(Cl)cc1OC(F)(F)F. The molecule has 0 saturated heterocycles. The van der Waals surface area contributed by atoms with Crippen LogP contribution >= 0.6 is 11.6 Å². The van der Waals surface area contributed by atoms with Crippen LogP contribution in [0.15, 0.2) is 42.7 Å². The Labute approximate surface area is 117 Å². The van der Waals surface area contributed by atoms with E-state index >= 15 is 0 Å². The van der Waals surface area contributed by atoms with E-state index in [2.05, 4.69) is 9.72 Å². The summed E-state index contributed by atoms with van der Waals surface area (Å²) in [4.78, 5) is 15.9. The van der Waals surface area contributed by atoms with Crippen LogP contribution in [-0.4, -0.2) is 17.1 Å². The highest BCUT2D eigenvalue weighted by Gasteiger charge is 2.33. The summed E-state index contributed by atoms with van der Waals surface area (Å²) in [5.74, 6) is -1.27. The molecule has 3 nitrogen and oxygen atoms in total. The maximum absolute atomic E-state index is 12.3. The molecule has 0 atom stereocenters. The molecule has 0 amide bonds. The van der Waals surface area contributed by atoms with Gasteiger partial charge in [0.2, 0.25) is 0 Å². The Kier molecular flexibility index (Phi) is 3.94. The number of benzene rings is 1. The summed E-state index contributed by atoms with van der Waals surface area (Å²) in [5, 5.41) is 0.0342. The molecule has 1 heterocycles. The van der Waals surface area contributed by atoms with Gasteiger partial charge in [-0.05, 0) is 30.3 Å². The molecule has 0 radical (unpaired) electrons. The Hall–Kier alpha value is -2.08. The van der Waals surface area contributed by atoms with Crippen molar-refractivity contribution in [3.63, 3.8) is 0 Å². The summed E-state index contributed by atoms with van der Waals surface area (Å²) in [6, 6.07) is 6.39. The van der Waals surface area contributed by atoms with Crippen LogP contribution < -0.4 is 4.74 Å². The zero-order valence-electron chi connectivity index (χ0n) is 9.82. The van der Waals surface area contributed by atoms with E-state index < -0.39 is 17.9 Å². The van der Waals surface area contributed by atoms with Gasteiger partial charge in [-0.1, -0.05) is 11.6 Å². The van der Waals surface area contributed by atoms with Crippen LogP contribution in [0.3, 0.4) is 0 Å². The van der Waals surface area contributed by atoms with Crippen molar-refractivity contribution in [1.29, 1.82) is 0 Å². The molecule has 0 saturated carbocycles. The third kappa shape index (κ3) is 3.48. The fraction of sp³-hybridized carbons (Fsp3) is 0.0769. The average Bonchev–Trinajstić information content (AvgIpc) is 2.37. The van der Waals surface area contributed by atoms with Crippen molar-refractivity contribution in [3.8, 4) is 5.75 Å². The summed E-state index contributed by atoms with van der Waals surface area (Å²) in [5.41, 5.74) is -0.0819. The number of ether oxygens (including phenoxy) is 1. The number of carbonyl (C=O) groups is 1. The van der Waals surface area contributed by atoms with Crippen molar-refractivity contribution >= 4 is 17.4 Å². The first-order chi connectivity index (χ1) is 9.37. The van der Waals surface area contributed by atoms with E-state index in [-0.39, 0.29) is 16.1 Å². The monoisotopic (exact) mass is 301 g/mol. The lowest BCUT2D eigenvalue weighted by Gasteiger charge is -2.12.